The molecule has 0 bridgehead atoms. The van der Waals surface area contributed by atoms with Crippen molar-refractivity contribution in [2.24, 2.45) is 5.92 Å². The average Bonchev–Trinajstić information content (AvgIpc) is 2.70. The fourth-order valence-corrected chi connectivity index (χ4v) is 4.42. The summed E-state index contributed by atoms with van der Waals surface area (Å²) in [6.07, 6.45) is 2.10. The van der Waals surface area contributed by atoms with E-state index >= 15 is 0 Å². The molecular formula is C26H36N2O. The first kappa shape index (κ1) is 21.6. The number of nitrogens with zero attached hydrogens (tertiary/aromatic N) is 1. The fraction of sp³-hybridized carbons (Fsp3) is 0.500. The van der Waals surface area contributed by atoms with Gasteiger partial charge >= 0.3 is 0 Å². The molecule has 1 saturated heterocycles. The molecule has 2 aromatic rings. The SMILES string of the molecule is Cc1ccc(C2CCN(C(=O)C(NCc3c(C)cccc3C)C(C)C)CC2)cc1. The maximum Gasteiger partial charge on any atom is 0.239 e. The van der Waals surface area contributed by atoms with Gasteiger partial charge in [0, 0.05) is 19.6 Å². The first-order chi connectivity index (χ1) is 13.9. The molecule has 1 aliphatic heterocycles. The van der Waals surface area contributed by atoms with E-state index in [4.69, 9.17) is 0 Å². The van der Waals surface area contributed by atoms with E-state index in [1.165, 1.54) is 27.8 Å². The van der Waals surface area contributed by atoms with Gasteiger partial charge in [-0.2, -0.15) is 0 Å². The van der Waals surface area contributed by atoms with E-state index in [-0.39, 0.29) is 17.9 Å². The molecule has 1 fully saturated rings. The van der Waals surface area contributed by atoms with Crippen LogP contribution in [0.5, 0.6) is 0 Å². The number of carbonyl (C=O) groups is 1. The fourth-order valence-electron chi connectivity index (χ4n) is 4.42. The maximum atomic E-state index is 13.3. The van der Waals surface area contributed by atoms with Crippen LogP contribution in [0.15, 0.2) is 42.5 Å². The minimum atomic E-state index is -0.134. The number of aryl methyl sites for hydroxylation is 3. The molecule has 3 nitrogen and oxygen atoms in total. The van der Waals surface area contributed by atoms with Gasteiger partial charge in [-0.05, 0) is 67.7 Å². The Morgan fingerprint density at radius 2 is 1.59 bits per heavy atom. The Hall–Kier alpha value is -2.13. The van der Waals surface area contributed by atoms with Crippen molar-refractivity contribution < 1.29 is 4.79 Å². The molecule has 3 rings (SSSR count). The van der Waals surface area contributed by atoms with Gasteiger partial charge in [-0.3, -0.25) is 4.79 Å². The van der Waals surface area contributed by atoms with E-state index in [0.717, 1.165) is 32.5 Å². The molecule has 0 radical (unpaired) electrons. The van der Waals surface area contributed by atoms with Crippen LogP contribution in [0.4, 0.5) is 0 Å². The summed E-state index contributed by atoms with van der Waals surface area (Å²) in [6.45, 7) is 13.1. The third kappa shape index (κ3) is 5.27. The van der Waals surface area contributed by atoms with Crippen molar-refractivity contribution in [1.29, 1.82) is 0 Å². The van der Waals surface area contributed by atoms with Gasteiger partial charge in [0.25, 0.3) is 0 Å². The average molecular weight is 393 g/mol. The molecule has 2 aromatic carbocycles. The summed E-state index contributed by atoms with van der Waals surface area (Å²) in [5, 5.41) is 3.57. The third-order valence-electron chi connectivity index (χ3n) is 6.43. The van der Waals surface area contributed by atoms with Crippen molar-refractivity contribution in [3.63, 3.8) is 0 Å². The normalized spacial score (nSPS) is 16.3. The minimum absolute atomic E-state index is 0.134. The predicted octanol–water partition coefficient (Wildman–Crippen LogP) is 5.13. The Morgan fingerprint density at radius 3 is 2.14 bits per heavy atom. The Kier molecular flexibility index (Phi) is 7.13. The van der Waals surface area contributed by atoms with Gasteiger partial charge in [0.1, 0.15) is 0 Å². The third-order valence-corrected chi connectivity index (χ3v) is 6.43. The number of benzene rings is 2. The standard InChI is InChI=1S/C26H36N2O/c1-18(2)25(27-17-24-20(4)7-6-8-21(24)5)26(29)28-15-13-23(14-16-28)22-11-9-19(3)10-12-22/h6-12,18,23,25,27H,13-17H2,1-5H3. The number of piperidine rings is 1. The molecule has 1 atom stereocenters. The molecule has 0 aliphatic carbocycles. The molecule has 3 heteroatoms. The first-order valence-corrected chi connectivity index (χ1v) is 11.0. The number of likely N-dealkylation sites (tertiary alicyclic amines) is 1. The summed E-state index contributed by atoms with van der Waals surface area (Å²) in [7, 11) is 0. The lowest BCUT2D eigenvalue weighted by molar-refractivity contribution is -0.135. The smallest absolute Gasteiger partial charge is 0.239 e. The first-order valence-electron chi connectivity index (χ1n) is 11.0. The van der Waals surface area contributed by atoms with E-state index in [2.05, 4.69) is 87.3 Å². The summed E-state index contributed by atoms with van der Waals surface area (Å²) in [4.78, 5) is 15.4. The molecule has 29 heavy (non-hydrogen) atoms. The van der Waals surface area contributed by atoms with Crippen molar-refractivity contribution in [1.82, 2.24) is 10.2 Å². The summed E-state index contributed by atoms with van der Waals surface area (Å²) >= 11 is 0. The molecule has 1 amide bonds. The van der Waals surface area contributed by atoms with Crippen LogP contribution in [-0.4, -0.2) is 29.9 Å². The van der Waals surface area contributed by atoms with Crippen LogP contribution in [0, 0.1) is 26.7 Å². The molecule has 0 aromatic heterocycles. The number of nitrogens with one attached hydrogen (secondary N) is 1. The van der Waals surface area contributed by atoms with Crippen LogP contribution in [0.1, 0.15) is 60.4 Å². The Balaban J connectivity index is 1.60. The summed E-state index contributed by atoms with van der Waals surface area (Å²) in [5.41, 5.74) is 6.59. The van der Waals surface area contributed by atoms with E-state index < -0.39 is 0 Å². The molecule has 1 unspecified atom stereocenters. The van der Waals surface area contributed by atoms with Crippen LogP contribution >= 0.6 is 0 Å². The highest BCUT2D eigenvalue weighted by Gasteiger charge is 2.30. The van der Waals surface area contributed by atoms with Crippen LogP contribution in [0.3, 0.4) is 0 Å². The Labute approximate surface area is 176 Å². The number of hydrogen-bond donors (Lipinski definition) is 1. The van der Waals surface area contributed by atoms with Crippen molar-refractivity contribution in [2.45, 2.75) is 66.0 Å². The molecule has 1 aliphatic rings. The van der Waals surface area contributed by atoms with Gasteiger partial charge in [-0.1, -0.05) is 61.9 Å². The Morgan fingerprint density at radius 1 is 1.00 bits per heavy atom. The van der Waals surface area contributed by atoms with Gasteiger partial charge in [0.2, 0.25) is 5.91 Å². The van der Waals surface area contributed by atoms with Crippen LogP contribution in [0.25, 0.3) is 0 Å². The molecule has 0 saturated carbocycles. The zero-order valence-electron chi connectivity index (χ0n) is 18.7. The second-order valence-corrected chi connectivity index (χ2v) is 8.98. The van der Waals surface area contributed by atoms with E-state index in [9.17, 15) is 4.79 Å². The highest BCUT2D eigenvalue weighted by atomic mass is 16.2. The van der Waals surface area contributed by atoms with Gasteiger partial charge in [-0.15, -0.1) is 0 Å². The number of carbonyl (C=O) groups excluding carboxylic acids is 1. The van der Waals surface area contributed by atoms with E-state index in [1.807, 2.05) is 0 Å². The Bertz CT molecular complexity index is 797. The molecular weight excluding hydrogens is 356 g/mol. The summed E-state index contributed by atoms with van der Waals surface area (Å²) in [6, 6.07) is 15.1. The minimum Gasteiger partial charge on any atom is -0.341 e. The van der Waals surface area contributed by atoms with Crippen molar-refractivity contribution in [3.8, 4) is 0 Å². The van der Waals surface area contributed by atoms with Crippen LogP contribution in [0.2, 0.25) is 0 Å². The van der Waals surface area contributed by atoms with Crippen LogP contribution in [-0.2, 0) is 11.3 Å². The molecule has 1 heterocycles. The van der Waals surface area contributed by atoms with Crippen molar-refractivity contribution in [3.05, 3.63) is 70.3 Å². The van der Waals surface area contributed by atoms with Gasteiger partial charge in [0.05, 0.1) is 6.04 Å². The van der Waals surface area contributed by atoms with Gasteiger partial charge < -0.3 is 10.2 Å². The predicted molar refractivity (Wildman–Crippen MR) is 121 cm³/mol. The largest absolute Gasteiger partial charge is 0.341 e. The van der Waals surface area contributed by atoms with E-state index in [1.54, 1.807) is 0 Å². The number of rotatable bonds is 6. The number of amides is 1. The van der Waals surface area contributed by atoms with Gasteiger partial charge in [-0.25, -0.2) is 0 Å². The monoisotopic (exact) mass is 392 g/mol. The van der Waals surface area contributed by atoms with Crippen molar-refractivity contribution >= 4 is 5.91 Å². The highest BCUT2D eigenvalue weighted by molar-refractivity contribution is 5.82. The molecule has 156 valence electrons. The lowest BCUT2D eigenvalue weighted by atomic mass is 9.88. The second-order valence-electron chi connectivity index (χ2n) is 8.98. The van der Waals surface area contributed by atoms with Crippen molar-refractivity contribution in [2.75, 3.05) is 13.1 Å². The second kappa shape index (κ2) is 9.58. The number of hydrogen-bond acceptors (Lipinski definition) is 2. The lowest BCUT2D eigenvalue weighted by Crippen LogP contribution is -2.51. The quantitative estimate of drug-likeness (QED) is 0.739. The molecule has 0 spiro atoms. The topological polar surface area (TPSA) is 32.3 Å². The van der Waals surface area contributed by atoms with Gasteiger partial charge in [0.15, 0.2) is 0 Å². The summed E-state index contributed by atoms with van der Waals surface area (Å²) in [5.74, 6) is 1.09. The molecule has 1 N–H and O–H groups in total. The maximum absolute atomic E-state index is 13.3. The lowest BCUT2D eigenvalue weighted by Gasteiger charge is -2.36. The van der Waals surface area contributed by atoms with Crippen LogP contribution < -0.4 is 5.32 Å². The highest BCUT2D eigenvalue weighted by Crippen LogP contribution is 2.29. The zero-order chi connectivity index (χ0) is 21.0. The zero-order valence-corrected chi connectivity index (χ0v) is 18.7. The summed E-state index contributed by atoms with van der Waals surface area (Å²) < 4.78 is 0. The van der Waals surface area contributed by atoms with E-state index in [0.29, 0.717) is 5.92 Å².